The van der Waals surface area contributed by atoms with Crippen LogP contribution in [0.5, 0.6) is 11.5 Å². The molecule has 0 aromatic heterocycles. The zero-order valence-electron chi connectivity index (χ0n) is 28.8. The van der Waals surface area contributed by atoms with Gasteiger partial charge in [-0.2, -0.15) is 0 Å². The highest BCUT2D eigenvalue weighted by molar-refractivity contribution is 6.30. The maximum atomic E-state index is 13.9. The van der Waals surface area contributed by atoms with Crippen molar-refractivity contribution in [2.75, 3.05) is 44.1 Å². The van der Waals surface area contributed by atoms with E-state index in [-0.39, 0.29) is 24.5 Å². The minimum Gasteiger partial charge on any atom is -0.493 e. The van der Waals surface area contributed by atoms with Crippen LogP contribution in [0.3, 0.4) is 0 Å². The highest BCUT2D eigenvalue weighted by Crippen LogP contribution is 2.44. The van der Waals surface area contributed by atoms with E-state index in [1.54, 1.807) is 7.11 Å². The fourth-order valence-electron chi connectivity index (χ4n) is 7.23. The molecule has 46 heavy (non-hydrogen) atoms. The van der Waals surface area contributed by atoms with Gasteiger partial charge in [0.05, 0.1) is 25.7 Å². The van der Waals surface area contributed by atoms with E-state index in [1.807, 2.05) is 35.2 Å². The minimum absolute atomic E-state index is 0.0352. The van der Waals surface area contributed by atoms with Crippen LogP contribution in [0.15, 0.2) is 60.7 Å². The number of halogens is 1. The maximum absolute atomic E-state index is 13.9. The van der Waals surface area contributed by atoms with Gasteiger partial charge >= 0.3 is 0 Å². The van der Waals surface area contributed by atoms with Gasteiger partial charge in [-0.25, -0.2) is 0 Å². The van der Waals surface area contributed by atoms with E-state index in [0.29, 0.717) is 34.4 Å². The summed E-state index contributed by atoms with van der Waals surface area (Å²) in [5.74, 6) is 2.80. The first-order valence-corrected chi connectivity index (χ1v) is 17.4. The molecule has 0 radical (unpaired) electrons. The molecule has 1 saturated carbocycles. The zero-order chi connectivity index (χ0) is 33.0. The first-order chi connectivity index (χ1) is 22.1. The molecule has 248 valence electrons. The van der Waals surface area contributed by atoms with E-state index < -0.39 is 0 Å². The number of hydrogen-bond donors (Lipinski definition) is 0. The zero-order valence-corrected chi connectivity index (χ0v) is 29.5. The molecule has 1 heterocycles. The van der Waals surface area contributed by atoms with Crippen molar-refractivity contribution in [3.8, 4) is 11.5 Å². The highest BCUT2D eigenvalue weighted by atomic mass is 35.5. The third-order valence-corrected chi connectivity index (χ3v) is 10.1. The quantitative estimate of drug-likeness (QED) is 0.197. The summed E-state index contributed by atoms with van der Waals surface area (Å²) >= 11 is 6.30. The van der Waals surface area contributed by atoms with Crippen LogP contribution in [-0.2, 0) is 11.2 Å². The van der Waals surface area contributed by atoms with Crippen LogP contribution in [0.4, 0.5) is 11.4 Å². The monoisotopic (exact) mass is 645 g/mol. The van der Waals surface area contributed by atoms with E-state index in [0.717, 1.165) is 35.3 Å². The number of anilines is 2. The maximum Gasteiger partial charge on any atom is 0.232 e. The van der Waals surface area contributed by atoms with Crippen molar-refractivity contribution in [3.05, 3.63) is 82.4 Å². The molecule has 6 nitrogen and oxygen atoms in total. The van der Waals surface area contributed by atoms with Crippen LogP contribution in [-0.4, -0.2) is 57.2 Å². The van der Waals surface area contributed by atoms with Gasteiger partial charge < -0.3 is 24.2 Å². The van der Waals surface area contributed by atoms with E-state index in [2.05, 4.69) is 81.9 Å². The third-order valence-electron chi connectivity index (χ3n) is 9.87. The molecular formula is C39H52ClN3O3. The van der Waals surface area contributed by atoms with Gasteiger partial charge in [0, 0.05) is 42.6 Å². The molecule has 0 spiro atoms. The smallest absolute Gasteiger partial charge is 0.232 e. The second kappa shape index (κ2) is 15.1. The number of hydrogen-bond acceptors (Lipinski definition) is 5. The van der Waals surface area contributed by atoms with Gasteiger partial charge in [0.2, 0.25) is 5.91 Å². The molecule has 1 fully saturated rings. The summed E-state index contributed by atoms with van der Waals surface area (Å²) in [5.41, 5.74) is 5.04. The third kappa shape index (κ3) is 7.83. The van der Waals surface area contributed by atoms with Crippen molar-refractivity contribution in [2.24, 2.45) is 11.8 Å². The predicted octanol–water partition coefficient (Wildman–Crippen LogP) is 8.79. The lowest BCUT2D eigenvalue weighted by atomic mass is 9.85. The summed E-state index contributed by atoms with van der Waals surface area (Å²) in [6, 6.07) is 20.7. The molecule has 1 amide bonds. The Labute approximate surface area is 281 Å². The first-order valence-electron chi connectivity index (χ1n) is 17.0. The summed E-state index contributed by atoms with van der Waals surface area (Å²) < 4.78 is 12.0. The van der Waals surface area contributed by atoms with Crippen molar-refractivity contribution in [1.82, 2.24) is 4.90 Å². The average molecular weight is 646 g/mol. The molecule has 1 unspecified atom stereocenters. The molecule has 1 aliphatic heterocycles. The molecule has 0 bridgehead atoms. The number of rotatable bonds is 12. The summed E-state index contributed by atoms with van der Waals surface area (Å²) in [6.07, 6.45) is 6.30. The molecule has 0 N–H and O–H groups in total. The fourth-order valence-corrected chi connectivity index (χ4v) is 7.35. The molecule has 2 atom stereocenters. The Morgan fingerprint density at radius 2 is 1.61 bits per heavy atom. The van der Waals surface area contributed by atoms with Gasteiger partial charge in [-0.15, -0.1) is 0 Å². The van der Waals surface area contributed by atoms with E-state index in [4.69, 9.17) is 21.1 Å². The lowest BCUT2D eigenvalue weighted by Crippen LogP contribution is -2.41. The first kappa shape index (κ1) is 34.1. The molecule has 3 aromatic rings. The SMILES string of the molecule is CC[C@@H](C)Oc1cc2c(cc1OC)CC(=O)N(c1ccc(N(C)CC3CCC(N(C)CC(C)C)CC3)cc1)C2c1ccc(Cl)cc1. The molecule has 2 aliphatic rings. The second-order valence-corrected chi connectivity index (χ2v) is 14.3. The van der Waals surface area contributed by atoms with Crippen LogP contribution in [0.1, 0.15) is 82.5 Å². The van der Waals surface area contributed by atoms with Gasteiger partial charge in [0.25, 0.3) is 0 Å². The summed E-state index contributed by atoms with van der Waals surface area (Å²) in [5, 5.41) is 0.664. The van der Waals surface area contributed by atoms with Gasteiger partial charge in [0.15, 0.2) is 11.5 Å². The van der Waals surface area contributed by atoms with E-state index in [9.17, 15) is 4.79 Å². The molecule has 3 aromatic carbocycles. The Morgan fingerprint density at radius 1 is 0.935 bits per heavy atom. The molecule has 1 aliphatic carbocycles. The van der Waals surface area contributed by atoms with Crippen molar-refractivity contribution < 1.29 is 14.3 Å². The Kier molecular flexibility index (Phi) is 11.2. The summed E-state index contributed by atoms with van der Waals surface area (Å²) in [4.78, 5) is 20.8. The van der Waals surface area contributed by atoms with Gasteiger partial charge in [-0.3, -0.25) is 4.79 Å². The van der Waals surface area contributed by atoms with E-state index >= 15 is 0 Å². The van der Waals surface area contributed by atoms with Crippen LogP contribution in [0, 0.1) is 11.8 Å². The minimum atomic E-state index is -0.328. The number of carbonyl (C=O) groups excluding carboxylic acids is 1. The molecule has 7 heteroatoms. The lowest BCUT2D eigenvalue weighted by molar-refractivity contribution is -0.118. The van der Waals surface area contributed by atoms with Gasteiger partial charge in [-0.1, -0.05) is 44.5 Å². The number of methoxy groups -OCH3 is 1. The number of ether oxygens (including phenoxy) is 2. The molecular weight excluding hydrogens is 594 g/mol. The Morgan fingerprint density at radius 3 is 2.22 bits per heavy atom. The number of fused-ring (bicyclic) bond motifs is 1. The number of benzene rings is 3. The second-order valence-electron chi connectivity index (χ2n) is 13.8. The summed E-state index contributed by atoms with van der Waals surface area (Å²) in [7, 11) is 6.13. The van der Waals surface area contributed by atoms with Crippen LogP contribution >= 0.6 is 11.6 Å². The Hall–Kier alpha value is -3.22. The number of nitrogens with zero attached hydrogens (tertiary/aromatic N) is 3. The van der Waals surface area contributed by atoms with Gasteiger partial charge in [0.1, 0.15) is 0 Å². The van der Waals surface area contributed by atoms with Crippen LogP contribution in [0.25, 0.3) is 0 Å². The van der Waals surface area contributed by atoms with E-state index in [1.165, 1.54) is 37.9 Å². The Bertz CT molecular complexity index is 1450. The topological polar surface area (TPSA) is 45.3 Å². The van der Waals surface area contributed by atoms with Crippen molar-refractivity contribution in [2.45, 2.75) is 84.4 Å². The molecule has 5 rings (SSSR count). The summed E-state index contributed by atoms with van der Waals surface area (Å²) in [6.45, 7) is 11.0. The normalized spacial score (nSPS) is 20.5. The van der Waals surface area contributed by atoms with Crippen LogP contribution in [0.2, 0.25) is 5.02 Å². The number of carbonyl (C=O) groups is 1. The predicted molar refractivity (Wildman–Crippen MR) is 191 cm³/mol. The highest BCUT2D eigenvalue weighted by Gasteiger charge is 2.36. The number of amides is 1. The molecule has 0 saturated heterocycles. The van der Waals surface area contributed by atoms with Crippen molar-refractivity contribution in [1.29, 1.82) is 0 Å². The average Bonchev–Trinajstić information content (AvgIpc) is 3.04. The van der Waals surface area contributed by atoms with Crippen molar-refractivity contribution in [3.63, 3.8) is 0 Å². The van der Waals surface area contributed by atoms with Gasteiger partial charge in [-0.05, 0) is 123 Å². The lowest BCUT2D eigenvalue weighted by Gasteiger charge is -2.38. The standard InChI is InChI=1S/C39H52ClN3O3/c1-8-27(4)46-37-23-35-30(21-36(37)45-7)22-38(44)43(39(35)29-11-13-31(40)14-12-29)34-19-17-33(18-20-34)42(6)25-28-9-15-32(16-10-28)41(5)24-26(2)3/h11-14,17-21,23,26-28,32,39H,8-10,15-16,22,24-25H2,1-7H3/t27-,28?,32?,39?/m1/s1. The fraction of sp³-hybridized carbons (Fsp3) is 0.513. The van der Waals surface area contributed by atoms with Crippen molar-refractivity contribution >= 4 is 28.9 Å². The Balaban J connectivity index is 1.38. The van der Waals surface area contributed by atoms with Crippen LogP contribution < -0.4 is 19.3 Å². The largest absolute Gasteiger partial charge is 0.493 e.